The number of ether oxygens (including phenoxy) is 2. The molecule has 174 valence electrons. The predicted octanol–water partition coefficient (Wildman–Crippen LogP) is 4.63. The first-order valence-corrected chi connectivity index (χ1v) is 11.1. The number of ketones is 1. The molecular formula is C24H24ClFN2O5. The number of carbonyl (C=O) groups is 2. The zero-order chi connectivity index (χ0) is 23.4. The minimum Gasteiger partial charge on any atom is -0.486 e. The summed E-state index contributed by atoms with van der Waals surface area (Å²) in [5.41, 5.74) is 1.14. The second-order valence-corrected chi connectivity index (χ2v) is 8.83. The van der Waals surface area contributed by atoms with Crippen LogP contribution in [0, 0.1) is 18.2 Å². The summed E-state index contributed by atoms with van der Waals surface area (Å²) in [6.07, 6.45) is 3.03. The quantitative estimate of drug-likeness (QED) is 0.460. The normalized spacial score (nSPS) is 14.5. The van der Waals surface area contributed by atoms with Gasteiger partial charge in [0.1, 0.15) is 23.9 Å². The average Bonchev–Trinajstić information content (AvgIpc) is 3.15. The van der Waals surface area contributed by atoms with Crippen LogP contribution in [0.3, 0.4) is 0 Å². The number of hydrogen-bond acceptors (Lipinski definition) is 6. The van der Waals surface area contributed by atoms with Crippen molar-refractivity contribution in [2.45, 2.75) is 32.6 Å². The summed E-state index contributed by atoms with van der Waals surface area (Å²) in [6, 6.07) is 9.34. The monoisotopic (exact) mass is 474 g/mol. The van der Waals surface area contributed by atoms with Gasteiger partial charge in [-0.15, -0.1) is 0 Å². The first-order valence-electron chi connectivity index (χ1n) is 10.7. The average molecular weight is 475 g/mol. The van der Waals surface area contributed by atoms with Gasteiger partial charge in [0, 0.05) is 30.5 Å². The van der Waals surface area contributed by atoms with Gasteiger partial charge in [-0.1, -0.05) is 23.2 Å². The SMILES string of the molecule is Cc1noc2cc(OCC(=O)CC3(CNC(=O)COc4ccc(Cl)c(F)c4)CCC3)ccc12. The number of nitrogens with one attached hydrogen (secondary N) is 1. The number of rotatable bonds is 10. The third-order valence-electron chi connectivity index (χ3n) is 5.93. The van der Waals surface area contributed by atoms with E-state index in [4.69, 9.17) is 25.6 Å². The Morgan fingerprint density at radius 1 is 1.15 bits per heavy atom. The Hall–Kier alpha value is -3.13. The van der Waals surface area contributed by atoms with E-state index < -0.39 is 5.82 Å². The van der Waals surface area contributed by atoms with Crippen LogP contribution >= 0.6 is 11.6 Å². The van der Waals surface area contributed by atoms with Crippen molar-refractivity contribution in [2.24, 2.45) is 5.41 Å². The molecule has 9 heteroatoms. The van der Waals surface area contributed by atoms with Crippen LogP contribution in [0.4, 0.5) is 4.39 Å². The highest BCUT2D eigenvalue weighted by Crippen LogP contribution is 2.43. The van der Waals surface area contributed by atoms with E-state index >= 15 is 0 Å². The van der Waals surface area contributed by atoms with Gasteiger partial charge in [0.2, 0.25) is 0 Å². The van der Waals surface area contributed by atoms with Crippen LogP contribution in [0.25, 0.3) is 11.0 Å². The molecule has 0 aliphatic heterocycles. The second-order valence-electron chi connectivity index (χ2n) is 8.42. The smallest absolute Gasteiger partial charge is 0.257 e. The van der Waals surface area contributed by atoms with E-state index in [1.54, 1.807) is 12.1 Å². The number of carbonyl (C=O) groups excluding carboxylic acids is 2. The molecule has 0 radical (unpaired) electrons. The van der Waals surface area contributed by atoms with Gasteiger partial charge in [0.15, 0.2) is 18.0 Å². The molecule has 1 N–H and O–H groups in total. The summed E-state index contributed by atoms with van der Waals surface area (Å²) in [7, 11) is 0. The maximum Gasteiger partial charge on any atom is 0.257 e. The largest absolute Gasteiger partial charge is 0.486 e. The van der Waals surface area contributed by atoms with E-state index in [0.29, 0.717) is 24.3 Å². The number of hydrogen-bond donors (Lipinski definition) is 1. The summed E-state index contributed by atoms with van der Waals surface area (Å²) in [5.74, 6) is -0.226. The van der Waals surface area contributed by atoms with E-state index in [9.17, 15) is 14.0 Å². The first-order chi connectivity index (χ1) is 15.8. The van der Waals surface area contributed by atoms with Crippen LogP contribution < -0.4 is 14.8 Å². The molecule has 3 aromatic rings. The van der Waals surface area contributed by atoms with E-state index in [0.717, 1.165) is 36.4 Å². The van der Waals surface area contributed by atoms with Gasteiger partial charge >= 0.3 is 0 Å². The fourth-order valence-corrected chi connectivity index (χ4v) is 4.03. The molecule has 7 nitrogen and oxygen atoms in total. The summed E-state index contributed by atoms with van der Waals surface area (Å²) in [4.78, 5) is 24.7. The first kappa shape index (κ1) is 23.0. The van der Waals surface area contributed by atoms with Gasteiger partial charge in [-0.2, -0.15) is 0 Å². The minimum absolute atomic E-state index is 0.0130. The third kappa shape index (κ3) is 5.63. The molecule has 2 aromatic carbocycles. The lowest BCUT2D eigenvalue weighted by Crippen LogP contribution is -2.45. The van der Waals surface area contributed by atoms with Crippen molar-refractivity contribution in [1.82, 2.24) is 10.5 Å². The van der Waals surface area contributed by atoms with Crippen molar-refractivity contribution in [3.8, 4) is 11.5 Å². The highest BCUT2D eigenvalue weighted by atomic mass is 35.5. The van der Waals surface area contributed by atoms with Crippen molar-refractivity contribution in [2.75, 3.05) is 19.8 Å². The summed E-state index contributed by atoms with van der Waals surface area (Å²) in [6.45, 7) is 1.92. The Morgan fingerprint density at radius 3 is 2.61 bits per heavy atom. The van der Waals surface area contributed by atoms with Gasteiger partial charge in [-0.3, -0.25) is 9.59 Å². The third-order valence-corrected chi connectivity index (χ3v) is 6.24. The molecule has 1 heterocycles. The topological polar surface area (TPSA) is 90.7 Å². The molecular weight excluding hydrogens is 451 g/mol. The predicted molar refractivity (Wildman–Crippen MR) is 120 cm³/mol. The Balaban J connectivity index is 1.23. The minimum atomic E-state index is -0.611. The molecule has 1 aliphatic carbocycles. The maximum atomic E-state index is 13.5. The molecule has 0 saturated heterocycles. The molecule has 4 rings (SSSR count). The molecule has 0 spiro atoms. The van der Waals surface area contributed by atoms with Crippen LogP contribution in [0.2, 0.25) is 5.02 Å². The van der Waals surface area contributed by atoms with Crippen molar-refractivity contribution in [3.05, 3.63) is 52.9 Å². The molecule has 1 aromatic heterocycles. The Kier molecular flexibility index (Phi) is 6.83. The molecule has 1 aliphatic rings. The fraction of sp³-hybridized carbons (Fsp3) is 0.375. The molecule has 1 amide bonds. The highest BCUT2D eigenvalue weighted by Gasteiger charge is 2.39. The number of benzene rings is 2. The van der Waals surface area contributed by atoms with Crippen molar-refractivity contribution in [1.29, 1.82) is 0 Å². The number of halogens is 2. The van der Waals surface area contributed by atoms with Crippen LogP contribution in [0.1, 0.15) is 31.4 Å². The number of nitrogens with zero attached hydrogens (tertiary/aromatic N) is 1. The Morgan fingerprint density at radius 2 is 1.88 bits per heavy atom. The Labute approximate surface area is 195 Å². The van der Waals surface area contributed by atoms with E-state index in [1.807, 2.05) is 13.0 Å². The molecule has 33 heavy (non-hydrogen) atoms. The van der Waals surface area contributed by atoms with Crippen LogP contribution in [0.15, 0.2) is 40.9 Å². The zero-order valence-corrected chi connectivity index (χ0v) is 18.9. The highest BCUT2D eigenvalue weighted by molar-refractivity contribution is 6.30. The van der Waals surface area contributed by atoms with E-state index in [-0.39, 0.29) is 41.1 Å². The lowest BCUT2D eigenvalue weighted by molar-refractivity contribution is -0.127. The fourth-order valence-electron chi connectivity index (χ4n) is 3.91. The number of aromatic nitrogens is 1. The number of Topliss-reactive ketones (excluding diaryl/α,β-unsaturated/α-hetero) is 1. The molecule has 1 saturated carbocycles. The lowest BCUT2D eigenvalue weighted by atomic mass is 9.66. The zero-order valence-electron chi connectivity index (χ0n) is 18.2. The van der Waals surface area contributed by atoms with Crippen LogP contribution in [0.5, 0.6) is 11.5 Å². The van der Waals surface area contributed by atoms with Crippen molar-refractivity contribution in [3.63, 3.8) is 0 Å². The van der Waals surface area contributed by atoms with Crippen LogP contribution in [-0.4, -0.2) is 36.6 Å². The number of amides is 1. The van der Waals surface area contributed by atoms with Crippen molar-refractivity contribution >= 4 is 34.3 Å². The van der Waals surface area contributed by atoms with E-state index in [1.165, 1.54) is 12.1 Å². The summed E-state index contributed by atoms with van der Waals surface area (Å²) in [5, 5.41) is 7.63. The van der Waals surface area contributed by atoms with Gasteiger partial charge in [0.05, 0.1) is 10.7 Å². The number of aryl methyl sites for hydroxylation is 1. The summed E-state index contributed by atoms with van der Waals surface area (Å²) < 4.78 is 29.6. The standard InChI is InChI=1S/C24H24ClFN2O5/c1-15-19-5-3-18(10-22(19)33-28-15)31-12-16(29)11-24(7-2-8-24)14-27-23(30)13-32-17-4-6-20(25)21(26)9-17/h3-6,9-10H,2,7-8,11-14H2,1H3,(H,27,30). The molecule has 1 fully saturated rings. The van der Waals surface area contributed by atoms with Gasteiger partial charge in [-0.05, 0) is 49.4 Å². The summed E-state index contributed by atoms with van der Waals surface area (Å²) >= 11 is 5.64. The second kappa shape index (κ2) is 9.79. The van der Waals surface area contributed by atoms with Crippen molar-refractivity contribution < 1.29 is 28.0 Å². The Bertz CT molecular complexity index is 1170. The lowest BCUT2D eigenvalue weighted by Gasteiger charge is -2.41. The number of fused-ring (bicyclic) bond motifs is 1. The van der Waals surface area contributed by atoms with Gasteiger partial charge in [0.25, 0.3) is 5.91 Å². The molecule has 0 bridgehead atoms. The van der Waals surface area contributed by atoms with Gasteiger partial charge in [-0.25, -0.2) is 4.39 Å². The van der Waals surface area contributed by atoms with Crippen LogP contribution in [-0.2, 0) is 9.59 Å². The molecule has 0 atom stereocenters. The van der Waals surface area contributed by atoms with E-state index in [2.05, 4.69) is 10.5 Å². The maximum absolute atomic E-state index is 13.5. The van der Waals surface area contributed by atoms with Gasteiger partial charge < -0.3 is 19.3 Å². The molecule has 0 unspecified atom stereocenters.